The molecule has 2 unspecified atom stereocenters. The first-order valence-corrected chi connectivity index (χ1v) is 8.41. The summed E-state index contributed by atoms with van der Waals surface area (Å²) in [6, 6.07) is 14.1. The normalized spacial score (nSPS) is 21.6. The van der Waals surface area contributed by atoms with Gasteiger partial charge in [-0.15, -0.1) is 0 Å². The van der Waals surface area contributed by atoms with Crippen molar-refractivity contribution in [3.05, 3.63) is 83.6 Å². The Bertz CT molecular complexity index is 881. The third-order valence-electron chi connectivity index (χ3n) is 4.46. The quantitative estimate of drug-likeness (QED) is 0.715. The lowest BCUT2D eigenvalue weighted by Crippen LogP contribution is -2.38. The highest BCUT2D eigenvalue weighted by Gasteiger charge is 2.32. The minimum atomic E-state index is -0.557. The van der Waals surface area contributed by atoms with Gasteiger partial charge in [-0.3, -0.25) is 9.59 Å². The number of benzene rings is 2. The molecule has 0 fully saturated rings. The SMILES string of the molecule is CC1C=C(Oc2cccc(C=O)c2)C=CC1(C)Oc1cccc(C=O)c1. The molecule has 0 N–H and O–H groups in total. The van der Waals surface area contributed by atoms with Gasteiger partial charge in [0.05, 0.1) is 0 Å². The second kappa shape index (κ2) is 7.40. The van der Waals surface area contributed by atoms with Gasteiger partial charge >= 0.3 is 0 Å². The summed E-state index contributed by atoms with van der Waals surface area (Å²) in [6.45, 7) is 4.03. The maximum atomic E-state index is 10.9. The molecule has 132 valence electrons. The van der Waals surface area contributed by atoms with Gasteiger partial charge in [0.15, 0.2) is 0 Å². The van der Waals surface area contributed by atoms with Crippen molar-refractivity contribution in [2.75, 3.05) is 0 Å². The van der Waals surface area contributed by atoms with E-state index in [-0.39, 0.29) is 5.92 Å². The van der Waals surface area contributed by atoms with E-state index in [4.69, 9.17) is 9.47 Å². The smallest absolute Gasteiger partial charge is 0.150 e. The van der Waals surface area contributed by atoms with Crippen molar-refractivity contribution < 1.29 is 19.1 Å². The Hall–Kier alpha value is -3.14. The Morgan fingerprint density at radius 3 is 2.19 bits per heavy atom. The van der Waals surface area contributed by atoms with Gasteiger partial charge in [0, 0.05) is 17.0 Å². The largest absolute Gasteiger partial charge is 0.483 e. The maximum Gasteiger partial charge on any atom is 0.150 e. The van der Waals surface area contributed by atoms with Crippen LogP contribution in [0, 0.1) is 5.92 Å². The van der Waals surface area contributed by atoms with Crippen LogP contribution < -0.4 is 9.47 Å². The van der Waals surface area contributed by atoms with E-state index in [1.807, 2.05) is 44.2 Å². The zero-order valence-electron chi connectivity index (χ0n) is 14.7. The predicted molar refractivity (Wildman–Crippen MR) is 99.7 cm³/mol. The lowest BCUT2D eigenvalue weighted by molar-refractivity contribution is 0.0976. The monoisotopic (exact) mass is 348 g/mol. The average Bonchev–Trinajstić information content (AvgIpc) is 2.65. The molecule has 2 aromatic rings. The van der Waals surface area contributed by atoms with Gasteiger partial charge in [0.2, 0.25) is 0 Å². The summed E-state index contributed by atoms with van der Waals surface area (Å²) in [5.74, 6) is 1.99. The maximum absolute atomic E-state index is 10.9. The van der Waals surface area contributed by atoms with E-state index in [2.05, 4.69) is 0 Å². The lowest BCUT2D eigenvalue weighted by Gasteiger charge is -2.34. The minimum absolute atomic E-state index is 0.0386. The van der Waals surface area contributed by atoms with Gasteiger partial charge < -0.3 is 9.47 Å². The van der Waals surface area contributed by atoms with Gasteiger partial charge in [0.25, 0.3) is 0 Å². The summed E-state index contributed by atoms with van der Waals surface area (Å²) in [5, 5.41) is 0. The van der Waals surface area contributed by atoms with E-state index in [9.17, 15) is 9.59 Å². The van der Waals surface area contributed by atoms with Crippen LogP contribution in [0.3, 0.4) is 0 Å². The lowest BCUT2D eigenvalue weighted by atomic mass is 9.86. The Morgan fingerprint density at radius 2 is 1.58 bits per heavy atom. The van der Waals surface area contributed by atoms with Crippen molar-refractivity contribution in [1.82, 2.24) is 0 Å². The number of allylic oxidation sites excluding steroid dienone is 1. The fourth-order valence-electron chi connectivity index (χ4n) is 2.75. The Morgan fingerprint density at radius 1 is 0.962 bits per heavy atom. The molecule has 0 bridgehead atoms. The first-order chi connectivity index (χ1) is 12.5. The van der Waals surface area contributed by atoms with Crippen molar-refractivity contribution in [2.45, 2.75) is 19.4 Å². The number of hydrogen-bond donors (Lipinski definition) is 0. The van der Waals surface area contributed by atoms with Crippen LogP contribution in [-0.2, 0) is 0 Å². The minimum Gasteiger partial charge on any atom is -0.483 e. The van der Waals surface area contributed by atoms with Crippen molar-refractivity contribution in [2.24, 2.45) is 5.92 Å². The Balaban J connectivity index is 1.74. The molecular weight excluding hydrogens is 328 g/mol. The van der Waals surface area contributed by atoms with E-state index in [0.29, 0.717) is 28.4 Å². The summed E-state index contributed by atoms with van der Waals surface area (Å²) >= 11 is 0. The molecule has 0 heterocycles. The summed E-state index contributed by atoms with van der Waals surface area (Å²) < 4.78 is 12.0. The standard InChI is InChI=1S/C22H20O4/c1-16-11-20(25-19-7-3-5-17(12-19)14-23)9-10-22(16,2)26-21-8-4-6-18(13-21)15-24/h3-16H,1-2H3. The van der Waals surface area contributed by atoms with Gasteiger partial charge in [-0.1, -0.05) is 31.2 Å². The van der Waals surface area contributed by atoms with Crippen molar-refractivity contribution in [1.29, 1.82) is 0 Å². The van der Waals surface area contributed by atoms with Crippen LogP contribution in [0.4, 0.5) is 0 Å². The molecule has 26 heavy (non-hydrogen) atoms. The van der Waals surface area contributed by atoms with Crippen LogP contribution in [0.25, 0.3) is 0 Å². The molecule has 0 radical (unpaired) electrons. The van der Waals surface area contributed by atoms with Gasteiger partial charge in [0.1, 0.15) is 35.4 Å². The van der Waals surface area contributed by atoms with Crippen molar-refractivity contribution >= 4 is 12.6 Å². The molecule has 0 aromatic heterocycles. The fourth-order valence-corrected chi connectivity index (χ4v) is 2.75. The van der Waals surface area contributed by atoms with Gasteiger partial charge in [-0.05, 0) is 49.4 Å². The number of aldehydes is 2. The molecule has 0 aliphatic heterocycles. The third kappa shape index (κ3) is 3.91. The van der Waals surface area contributed by atoms with Gasteiger partial charge in [-0.25, -0.2) is 0 Å². The third-order valence-corrected chi connectivity index (χ3v) is 4.46. The molecule has 0 amide bonds. The number of ether oxygens (including phenoxy) is 2. The van der Waals surface area contributed by atoms with Crippen LogP contribution in [0.5, 0.6) is 11.5 Å². The van der Waals surface area contributed by atoms with E-state index in [1.165, 1.54) is 0 Å². The van der Waals surface area contributed by atoms with Crippen LogP contribution >= 0.6 is 0 Å². The molecule has 2 aromatic carbocycles. The highest BCUT2D eigenvalue weighted by molar-refractivity contribution is 5.75. The summed E-state index contributed by atoms with van der Waals surface area (Å²) in [5.41, 5.74) is 0.589. The van der Waals surface area contributed by atoms with Crippen LogP contribution in [0.1, 0.15) is 34.6 Å². The highest BCUT2D eigenvalue weighted by atomic mass is 16.5. The van der Waals surface area contributed by atoms with E-state index in [0.717, 1.165) is 12.6 Å². The van der Waals surface area contributed by atoms with Crippen LogP contribution in [0.2, 0.25) is 0 Å². The number of hydrogen-bond acceptors (Lipinski definition) is 4. The molecule has 0 saturated heterocycles. The van der Waals surface area contributed by atoms with Crippen LogP contribution in [0.15, 0.2) is 72.5 Å². The first kappa shape index (κ1) is 17.7. The number of carbonyl (C=O) groups is 2. The molecule has 3 rings (SSSR count). The molecule has 4 heteroatoms. The Labute approximate surface area is 152 Å². The van der Waals surface area contributed by atoms with E-state index >= 15 is 0 Å². The first-order valence-electron chi connectivity index (χ1n) is 8.41. The second-order valence-corrected chi connectivity index (χ2v) is 6.46. The van der Waals surface area contributed by atoms with Crippen molar-refractivity contribution in [3.8, 4) is 11.5 Å². The van der Waals surface area contributed by atoms with Crippen molar-refractivity contribution in [3.63, 3.8) is 0 Å². The van der Waals surface area contributed by atoms with Crippen LogP contribution in [-0.4, -0.2) is 18.2 Å². The summed E-state index contributed by atoms with van der Waals surface area (Å²) in [4.78, 5) is 21.8. The molecule has 0 spiro atoms. The molecule has 2 atom stereocenters. The predicted octanol–water partition coefficient (Wildman–Crippen LogP) is 4.62. The van der Waals surface area contributed by atoms with Gasteiger partial charge in [-0.2, -0.15) is 0 Å². The fraction of sp³-hybridized carbons (Fsp3) is 0.182. The number of carbonyl (C=O) groups excluding carboxylic acids is 2. The van der Waals surface area contributed by atoms with E-state index < -0.39 is 5.60 Å². The average molecular weight is 348 g/mol. The topological polar surface area (TPSA) is 52.6 Å². The highest BCUT2D eigenvalue weighted by Crippen LogP contribution is 2.33. The zero-order valence-corrected chi connectivity index (χ0v) is 14.7. The molecule has 1 aliphatic rings. The number of rotatable bonds is 6. The summed E-state index contributed by atoms with van der Waals surface area (Å²) in [7, 11) is 0. The molecular formula is C22H20O4. The molecule has 0 saturated carbocycles. The summed E-state index contributed by atoms with van der Waals surface area (Å²) in [6.07, 6.45) is 7.38. The van der Waals surface area contributed by atoms with E-state index in [1.54, 1.807) is 36.4 Å². The molecule has 4 nitrogen and oxygen atoms in total. The Kier molecular flexibility index (Phi) is 5.03. The molecule has 1 aliphatic carbocycles. The second-order valence-electron chi connectivity index (χ2n) is 6.46. The zero-order chi connectivity index (χ0) is 18.6.